The van der Waals surface area contributed by atoms with Gasteiger partial charge in [0.25, 0.3) is 5.91 Å². The van der Waals surface area contributed by atoms with E-state index in [4.69, 9.17) is 4.74 Å². The van der Waals surface area contributed by atoms with Gasteiger partial charge in [-0.05, 0) is 23.6 Å². The lowest BCUT2D eigenvalue weighted by Gasteiger charge is -2.14. The Kier molecular flexibility index (Phi) is 5.25. The van der Waals surface area contributed by atoms with Gasteiger partial charge < -0.3 is 10.1 Å². The molecule has 0 bridgehead atoms. The lowest BCUT2D eigenvalue weighted by Crippen LogP contribution is -2.29. The van der Waals surface area contributed by atoms with E-state index in [-0.39, 0.29) is 12.0 Å². The third kappa shape index (κ3) is 3.81. The van der Waals surface area contributed by atoms with Crippen LogP contribution in [0.25, 0.3) is 11.4 Å². The van der Waals surface area contributed by atoms with Crippen LogP contribution >= 0.6 is 11.3 Å². The molecule has 1 amide bonds. The second kappa shape index (κ2) is 7.76. The van der Waals surface area contributed by atoms with Crippen LogP contribution in [0.1, 0.15) is 21.3 Å². The van der Waals surface area contributed by atoms with Crippen LogP contribution in [0.15, 0.2) is 54.4 Å². The highest BCUT2D eigenvalue weighted by molar-refractivity contribution is 7.10. The fraction of sp³-hybridized carbons (Fsp3) is 0.176. The largest absolute Gasteiger partial charge is 0.374 e. The van der Waals surface area contributed by atoms with Gasteiger partial charge in [-0.25, -0.2) is 9.97 Å². The highest BCUT2D eigenvalue weighted by Crippen LogP contribution is 2.21. The number of carbonyl (C=O) groups excluding carboxylic acids is 1. The van der Waals surface area contributed by atoms with E-state index in [0.29, 0.717) is 17.9 Å². The summed E-state index contributed by atoms with van der Waals surface area (Å²) in [7, 11) is 1.63. The Morgan fingerprint density at radius 3 is 2.71 bits per heavy atom. The molecule has 3 aromatic heterocycles. The number of aromatic nitrogens is 3. The topological polar surface area (TPSA) is 77.0 Å². The first-order chi connectivity index (χ1) is 11.8. The minimum atomic E-state index is -0.230. The quantitative estimate of drug-likeness (QED) is 0.746. The van der Waals surface area contributed by atoms with Crippen LogP contribution in [0.2, 0.25) is 0 Å². The van der Waals surface area contributed by atoms with Crippen LogP contribution in [0, 0.1) is 0 Å². The van der Waals surface area contributed by atoms with Crippen molar-refractivity contribution in [1.29, 1.82) is 0 Å². The molecule has 0 radical (unpaired) electrons. The van der Waals surface area contributed by atoms with Crippen LogP contribution in [0.5, 0.6) is 0 Å². The van der Waals surface area contributed by atoms with Crippen LogP contribution in [0.3, 0.4) is 0 Å². The zero-order valence-corrected chi connectivity index (χ0v) is 13.9. The molecule has 3 heterocycles. The summed E-state index contributed by atoms with van der Waals surface area (Å²) in [6.07, 6.45) is 6.23. The number of thiophene rings is 1. The Morgan fingerprint density at radius 1 is 1.25 bits per heavy atom. The normalized spacial score (nSPS) is 11.9. The van der Waals surface area contributed by atoms with E-state index in [9.17, 15) is 4.79 Å². The molecule has 1 atom stereocenters. The summed E-state index contributed by atoms with van der Waals surface area (Å²) in [4.78, 5) is 25.8. The predicted molar refractivity (Wildman–Crippen MR) is 91.7 cm³/mol. The van der Waals surface area contributed by atoms with Gasteiger partial charge >= 0.3 is 0 Å². The average molecular weight is 340 g/mol. The summed E-state index contributed by atoms with van der Waals surface area (Å²) >= 11 is 1.60. The maximum Gasteiger partial charge on any atom is 0.254 e. The molecule has 7 heteroatoms. The van der Waals surface area contributed by atoms with Crippen molar-refractivity contribution < 1.29 is 9.53 Å². The van der Waals surface area contributed by atoms with Gasteiger partial charge in [0, 0.05) is 48.9 Å². The molecule has 3 rings (SSSR count). The van der Waals surface area contributed by atoms with E-state index in [2.05, 4.69) is 20.3 Å². The zero-order chi connectivity index (χ0) is 16.8. The van der Waals surface area contributed by atoms with E-state index >= 15 is 0 Å². The van der Waals surface area contributed by atoms with Gasteiger partial charge in [-0.3, -0.25) is 9.78 Å². The van der Waals surface area contributed by atoms with E-state index in [1.807, 2.05) is 29.6 Å². The SMILES string of the molecule is CO[C@H](CNC(=O)c1cnc(-c2cccnc2)nc1)c1cccs1. The number of nitrogens with one attached hydrogen (secondary N) is 1. The molecule has 6 nitrogen and oxygen atoms in total. The number of hydrogen-bond donors (Lipinski definition) is 1. The maximum absolute atomic E-state index is 12.2. The van der Waals surface area contributed by atoms with Crippen LogP contribution < -0.4 is 5.32 Å². The van der Waals surface area contributed by atoms with Crippen molar-refractivity contribution in [2.75, 3.05) is 13.7 Å². The molecule has 0 saturated heterocycles. The van der Waals surface area contributed by atoms with Gasteiger partial charge in [-0.1, -0.05) is 6.07 Å². The summed E-state index contributed by atoms with van der Waals surface area (Å²) in [5.41, 5.74) is 1.21. The monoisotopic (exact) mass is 340 g/mol. The molecule has 24 heavy (non-hydrogen) atoms. The van der Waals surface area contributed by atoms with E-state index in [1.54, 1.807) is 30.8 Å². The van der Waals surface area contributed by atoms with Crippen molar-refractivity contribution in [2.24, 2.45) is 0 Å². The number of carbonyl (C=O) groups is 1. The molecule has 0 saturated carbocycles. The van der Waals surface area contributed by atoms with Crippen LogP contribution in [-0.4, -0.2) is 34.5 Å². The van der Waals surface area contributed by atoms with Crippen molar-refractivity contribution in [3.05, 3.63) is 64.9 Å². The molecular weight excluding hydrogens is 324 g/mol. The van der Waals surface area contributed by atoms with Gasteiger partial charge in [-0.2, -0.15) is 0 Å². The predicted octanol–water partition coefficient (Wildman–Crippen LogP) is 2.72. The standard InChI is InChI=1S/C17H16N4O2S/c1-23-14(15-5-3-7-24-15)11-21-17(22)13-9-19-16(20-10-13)12-4-2-6-18-8-12/h2-10,14H,11H2,1H3,(H,21,22)/t14-/m1/s1. The number of nitrogens with zero attached hydrogens (tertiary/aromatic N) is 3. The third-order valence-electron chi connectivity index (χ3n) is 3.43. The number of ether oxygens (including phenoxy) is 1. The number of pyridine rings is 1. The van der Waals surface area contributed by atoms with Crippen molar-refractivity contribution in [3.63, 3.8) is 0 Å². The fourth-order valence-electron chi connectivity index (χ4n) is 2.15. The molecule has 3 aromatic rings. The Labute approximate surface area is 143 Å². The highest BCUT2D eigenvalue weighted by Gasteiger charge is 2.14. The average Bonchev–Trinajstić information content (AvgIpc) is 3.17. The molecule has 122 valence electrons. The summed E-state index contributed by atoms with van der Waals surface area (Å²) in [6, 6.07) is 7.62. The Balaban J connectivity index is 1.63. The number of hydrogen-bond acceptors (Lipinski definition) is 6. The summed E-state index contributed by atoms with van der Waals surface area (Å²) in [5, 5.41) is 4.83. The van der Waals surface area contributed by atoms with Gasteiger partial charge in [0.15, 0.2) is 5.82 Å². The molecule has 0 aliphatic carbocycles. The van der Waals surface area contributed by atoms with E-state index < -0.39 is 0 Å². The third-order valence-corrected chi connectivity index (χ3v) is 4.39. The summed E-state index contributed by atoms with van der Waals surface area (Å²) in [6.45, 7) is 0.389. The molecular formula is C17H16N4O2S. The lowest BCUT2D eigenvalue weighted by atomic mass is 10.2. The minimum absolute atomic E-state index is 0.162. The first kappa shape index (κ1) is 16.2. The number of rotatable bonds is 6. The van der Waals surface area contributed by atoms with E-state index in [1.165, 1.54) is 12.4 Å². The maximum atomic E-state index is 12.2. The van der Waals surface area contributed by atoms with Crippen LogP contribution in [0.4, 0.5) is 0 Å². The molecule has 0 fully saturated rings. The highest BCUT2D eigenvalue weighted by atomic mass is 32.1. The first-order valence-corrected chi connectivity index (χ1v) is 8.22. The van der Waals surface area contributed by atoms with Crippen molar-refractivity contribution in [3.8, 4) is 11.4 Å². The van der Waals surface area contributed by atoms with Gasteiger partial charge in [0.2, 0.25) is 0 Å². The van der Waals surface area contributed by atoms with Crippen molar-refractivity contribution in [1.82, 2.24) is 20.3 Å². The molecule has 0 unspecified atom stereocenters. The Morgan fingerprint density at radius 2 is 2.08 bits per heavy atom. The fourth-order valence-corrected chi connectivity index (χ4v) is 2.95. The smallest absolute Gasteiger partial charge is 0.254 e. The summed E-state index contributed by atoms with van der Waals surface area (Å²) < 4.78 is 5.42. The molecule has 1 N–H and O–H groups in total. The van der Waals surface area contributed by atoms with Gasteiger partial charge in [0.05, 0.1) is 5.56 Å². The van der Waals surface area contributed by atoms with E-state index in [0.717, 1.165) is 10.4 Å². The second-order valence-electron chi connectivity index (χ2n) is 4.99. The minimum Gasteiger partial charge on any atom is -0.374 e. The summed E-state index contributed by atoms with van der Waals surface area (Å²) in [5.74, 6) is 0.305. The molecule has 0 aliphatic rings. The van der Waals surface area contributed by atoms with Crippen molar-refractivity contribution in [2.45, 2.75) is 6.10 Å². The van der Waals surface area contributed by atoms with Gasteiger partial charge in [-0.15, -0.1) is 11.3 Å². The lowest BCUT2D eigenvalue weighted by molar-refractivity contribution is 0.0837. The zero-order valence-electron chi connectivity index (χ0n) is 13.0. The molecule has 0 aliphatic heterocycles. The van der Waals surface area contributed by atoms with Crippen molar-refractivity contribution >= 4 is 17.2 Å². The van der Waals surface area contributed by atoms with Crippen LogP contribution in [-0.2, 0) is 4.74 Å². The molecule has 0 aromatic carbocycles. The second-order valence-corrected chi connectivity index (χ2v) is 5.97. The Bertz CT molecular complexity index is 776. The number of methoxy groups -OCH3 is 1. The number of amides is 1. The first-order valence-electron chi connectivity index (χ1n) is 7.35. The van der Waals surface area contributed by atoms with Gasteiger partial charge in [0.1, 0.15) is 6.10 Å². The molecule has 0 spiro atoms. The Hall–Kier alpha value is -2.64.